The zero-order chi connectivity index (χ0) is 18.4. The quantitative estimate of drug-likeness (QED) is 0.760. The van der Waals surface area contributed by atoms with Crippen LogP contribution in [-0.2, 0) is 11.3 Å². The topological polar surface area (TPSA) is 38.8 Å². The molecule has 1 atom stereocenters. The number of ether oxygens (including phenoxy) is 2. The Morgan fingerprint density at radius 2 is 1.64 bits per heavy atom. The van der Waals surface area contributed by atoms with Gasteiger partial charge in [0.05, 0.1) is 7.11 Å². The molecule has 0 aromatic heterocycles. The largest absolute Gasteiger partial charge is 0.497 e. The fourth-order valence-corrected chi connectivity index (χ4v) is 2.80. The molecule has 25 heavy (non-hydrogen) atoms. The maximum atomic E-state index is 12.8. The molecule has 2 aromatic carbocycles. The van der Waals surface area contributed by atoms with Gasteiger partial charge in [-0.3, -0.25) is 4.79 Å². The second-order valence-electron chi connectivity index (χ2n) is 6.38. The fourth-order valence-electron chi connectivity index (χ4n) is 2.80. The molecule has 0 saturated heterocycles. The Hall–Kier alpha value is -2.49. The summed E-state index contributed by atoms with van der Waals surface area (Å²) in [5, 5.41) is 0. The first-order valence-electron chi connectivity index (χ1n) is 8.55. The van der Waals surface area contributed by atoms with E-state index in [1.54, 1.807) is 19.1 Å². The van der Waals surface area contributed by atoms with Crippen molar-refractivity contribution >= 4 is 5.91 Å². The van der Waals surface area contributed by atoms with E-state index in [9.17, 15) is 4.79 Å². The maximum absolute atomic E-state index is 12.8. The van der Waals surface area contributed by atoms with Crippen molar-refractivity contribution in [3.63, 3.8) is 0 Å². The van der Waals surface area contributed by atoms with Crippen LogP contribution in [0.25, 0.3) is 0 Å². The summed E-state index contributed by atoms with van der Waals surface area (Å²) in [6.45, 7) is 6.55. The van der Waals surface area contributed by atoms with Gasteiger partial charge in [0.25, 0.3) is 5.91 Å². The first-order chi connectivity index (χ1) is 11.9. The van der Waals surface area contributed by atoms with E-state index < -0.39 is 6.10 Å². The van der Waals surface area contributed by atoms with Crippen LogP contribution in [0.15, 0.2) is 42.5 Å². The van der Waals surface area contributed by atoms with Gasteiger partial charge in [-0.05, 0) is 61.2 Å². The van der Waals surface area contributed by atoms with E-state index >= 15 is 0 Å². The van der Waals surface area contributed by atoms with Crippen LogP contribution in [0.4, 0.5) is 0 Å². The number of hydrogen-bond donors (Lipinski definition) is 0. The Morgan fingerprint density at radius 1 is 1.04 bits per heavy atom. The minimum absolute atomic E-state index is 0.0162. The predicted molar refractivity (Wildman–Crippen MR) is 100 cm³/mol. The third kappa shape index (κ3) is 5.24. The highest BCUT2D eigenvalue weighted by atomic mass is 16.5. The van der Waals surface area contributed by atoms with Crippen molar-refractivity contribution in [1.29, 1.82) is 0 Å². The number of rotatable bonds is 7. The number of carbonyl (C=O) groups is 1. The molecule has 0 aliphatic rings. The molecule has 2 rings (SSSR count). The molecule has 0 radical (unpaired) electrons. The van der Waals surface area contributed by atoms with Gasteiger partial charge in [-0.15, -0.1) is 0 Å². The molecular weight excluding hydrogens is 314 g/mol. The molecule has 0 fully saturated rings. The van der Waals surface area contributed by atoms with Crippen LogP contribution >= 0.6 is 0 Å². The van der Waals surface area contributed by atoms with Gasteiger partial charge in [0.2, 0.25) is 0 Å². The Morgan fingerprint density at radius 3 is 2.16 bits per heavy atom. The molecule has 0 aliphatic heterocycles. The van der Waals surface area contributed by atoms with Crippen LogP contribution in [0.3, 0.4) is 0 Å². The normalized spacial score (nSPS) is 11.7. The summed E-state index contributed by atoms with van der Waals surface area (Å²) in [5.41, 5.74) is 3.31. The summed E-state index contributed by atoms with van der Waals surface area (Å²) in [7, 11) is 3.45. The standard InChI is InChI=1S/C21H27NO3/c1-6-20(25-19-12-15(2)11-16(3)13-19)21(23)22(4)14-17-7-9-18(24-5)10-8-17/h7-13,20H,6,14H2,1-5H3/t20-/m1/s1. The van der Waals surface area contributed by atoms with E-state index in [0.29, 0.717) is 13.0 Å². The molecule has 4 nitrogen and oxygen atoms in total. The molecule has 0 unspecified atom stereocenters. The van der Waals surface area contributed by atoms with E-state index in [4.69, 9.17) is 9.47 Å². The maximum Gasteiger partial charge on any atom is 0.263 e. The highest BCUT2D eigenvalue weighted by Gasteiger charge is 2.22. The molecule has 0 spiro atoms. The van der Waals surface area contributed by atoms with E-state index in [-0.39, 0.29) is 5.91 Å². The summed E-state index contributed by atoms with van der Waals surface area (Å²) in [6.07, 6.45) is 0.142. The third-order valence-electron chi connectivity index (χ3n) is 4.07. The first kappa shape index (κ1) is 18.8. The van der Waals surface area contributed by atoms with Crippen LogP contribution in [0.2, 0.25) is 0 Å². The Labute approximate surface area is 150 Å². The summed E-state index contributed by atoms with van der Waals surface area (Å²) in [5.74, 6) is 1.54. The average Bonchev–Trinajstić information content (AvgIpc) is 2.58. The highest BCUT2D eigenvalue weighted by molar-refractivity contribution is 5.81. The van der Waals surface area contributed by atoms with Crippen molar-refractivity contribution in [1.82, 2.24) is 4.90 Å². The van der Waals surface area contributed by atoms with E-state index in [1.807, 2.05) is 57.2 Å². The first-order valence-corrected chi connectivity index (χ1v) is 8.55. The number of carbonyl (C=O) groups excluding carboxylic acids is 1. The molecule has 2 aromatic rings. The number of methoxy groups -OCH3 is 1. The van der Waals surface area contributed by atoms with Crippen molar-refractivity contribution in [2.45, 2.75) is 39.8 Å². The van der Waals surface area contributed by atoms with Crippen molar-refractivity contribution in [2.75, 3.05) is 14.2 Å². The van der Waals surface area contributed by atoms with Crippen molar-refractivity contribution in [3.05, 3.63) is 59.2 Å². The van der Waals surface area contributed by atoms with E-state index in [0.717, 1.165) is 28.2 Å². The van der Waals surface area contributed by atoms with Gasteiger partial charge in [-0.2, -0.15) is 0 Å². The second-order valence-corrected chi connectivity index (χ2v) is 6.38. The third-order valence-corrected chi connectivity index (χ3v) is 4.07. The van der Waals surface area contributed by atoms with Gasteiger partial charge in [0.15, 0.2) is 6.10 Å². The van der Waals surface area contributed by atoms with Crippen molar-refractivity contribution in [2.24, 2.45) is 0 Å². The molecule has 4 heteroatoms. The van der Waals surface area contributed by atoms with Crippen LogP contribution < -0.4 is 9.47 Å². The summed E-state index contributed by atoms with van der Waals surface area (Å²) < 4.78 is 11.1. The molecule has 134 valence electrons. The summed E-state index contributed by atoms with van der Waals surface area (Å²) in [6, 6.07) is 13.8. The van der Waals surface area contributed by atoms with E-state index in [2.05, 4.69) is 6.07 Å². The molecule has 0 aliphatic carbocycles. The average molecular weight is 341 g/mol. The lowest BCUT2D eigenvalue weighted by Gasteiger charge is -2.24. The number of benzene rings is 2. The summed E-state index contributed by atoms with van der Waals surface area (Å²) in [4.78, 5) is 14.5. The van der Waals surface area contributed by atoms with Gasteiger partial charge in [-0.25, -0.2) is 0 Å². The molecule has 0 bridgehead atoms. The molecule has 0 saturated carbocycles. The smallest absolute Gasteiger partial charge is 0.263 e. The SMILES string of the molecule is CC[C@@H](Oc1cc(C)cc(C)c1)C(=O)N(C)Cc1ccc(OC)cc1. The van der Waals surface area contributed by atoms with Crippen molar-refractivity contribution < 1.29 is 14.3 Å². The lowest BCUT2D eigenvalue weighted by Crippen LogP contribution is -2.39. The Balaban J connectivity index is 2.04. The second kappa shape index (κ2) is 8.56. The van der Waals surface area contributed by atoms with Gasteiger partial charge in [-0.1, -0.05) is 25.1 Å². The summed E-state index contributed by atoms with van der Waals surface area (Å²) >= 11 is 0. The van der Waals surface area contributed by atoms with Crippen LogP contribution in [0, 0.1) is 13.8 Å². The minimum atomic E-state index is -0.482. The highest BCUT2D eigenvalue weighted by Crippen LogP contribution is 2.20. The lowest BCUT2D eigenvalue weighted by atomic mass is 10.1. The van der Waals surface area contributed by atoms with Crippen LogP contribution in [0.1, 0.15) is 30.0 Å². The lowest BCUT2D eigenvalue weighted by molar-refractivity contribution is -0.138. The number of aryl methyl sites for hydroxylation is 2. The molecule has 0 heterocycles. The van der Waals surface area contributed by atoms with Crippen LogP contribution in [-0.4, -0.2) is 31.1 Å². The fraction of sp³-hybridized carbons (Fsp3) is 0.381. The molecular formula is C21H27NO3. The minimum Gasteiger partial charge on any atom is -0.497 e. The zero-order valence-electron chi connectivity index (χ0n) is 15.7. The molecule has 0 N–H and O–H groups in total. The Bertz CT molecular complexity index is 689. The van der Waals surface area contributed by atoms with Gasteiger partial charge in [0.1, 0.15) is 11.5 Å². The number of amides is 1. The van der Waals surface area contributed by atoms with Crippen molar-refractivity contribution in [3.8, 4) is 11.5 Å². The number of hydrogen-bond acceptors (Lipinski definition) is 3. The van der Waals surface area contributed by atoms with Gasteiger partial charge >= 0.3 is 0 Å². The number of nitrogens with zero attached hydrogens (tertiary/aromatic N) is 1. The van der Waals surface area contributed by atoms with Gasteiger partial charge in [0, 0.05) is 13.6 Å². The zero-order valence-corrected chi connectivity index (χ0v) is 15.7. The van der Waals surface area contributed by atoms with Crippen LogP contribution in [0.5, 0.6) is 11.5 Å². The van der Waals surface area contributed by atoms with Gasteiger partial charge < -0.3 is 14.4 Å². The monoisotopic (exact) mass is 341 g/mol. The molecule has 1 amide bonds. The van der Waals surface area contributed by atoms with E-state index in [1.165, 1.54) is 0 Å². The Kier molecular flexibility index (Phi) is 6.45. The number of likely N-dealkylation sites (N-methyl/N-ethyl adjacent to an activating group) is 1. The predicted octanol–water partition coefficient (Wildman–Crippen LogP) is 4.13.